The van der Waals surface area contributed by atoms with Crippen LogP contribution in [0.4, 0.5) is 13.2 Å². The molecule has 1 aliphatic rings. The van der Waals surface area contributed by atoms with Crippen LogP contribution in [-0.4, -0.2) is 33.5 Å². The molecule has 0 radical (unpaired) electrons. The van der Waals surface area contributed by atoms with Gasteiger partial charge in [-0.1, -0.05) is 48.3 Å². The molecule has 0 fully saturated rings. The zero-order chi connectivity index (χ0) is 25.3. The molecule has 34 heavy (non-hydrogen) atoms. The monoisotopic (exact) mass is 534 g/mol. The molecule has 5 nitrogen and oxygen atoms in total. The zero-order valence-corrected chi connectivity index (χ0v) is 21.0. The summed E-state index contributed by atoms with van der Waals surface area (Å²) in [5.41, 5.74) is -1.90. The fraction of sp³-hybridized carbons (Fsp3) is 0.391. The highest BCUT2D eigenvalue weighted by molar-refractivity contribution is 7.93. The Hall–Kier alpha value is -2.10. The van der Waals surface area contributed by atoms with Crippen LogP contribution in [0.5, 0.6) is 0 Å². The van der Waals surface area contributed by atoms with Crippen LogP contribution in [0.15, 0.2) is 45.9 Å². The summed E-state index contributed by atoms with van der Waals surface area (Å²) in [5, 5.41) is 3.81. The molecule has 0 N–H and O–H groups in total. The Morgan fingerprint density at radius 1 is 1.18 bits per heavy atom. The van der Waals surface area contributed by atoms with Gasteiger partial charge in [-0.15, -0.1) is 0 Å². The second-order valence-electron chi connectivity index (χ2n) is 7.98. The van der Waals surface area contributed by atoms with Gasteiger partial charge in [0.05, 0.1) is 15.4 Å². The van der Waals surface area contributed by atoms with Crippen molar-refractivity contribution < 1.29 is 27.0 Å². The number of hydrogen-bond acceptors (Lipinski definition) is 4. The number of alkyl halides is 3. The second kappa shape index (κ2) is 9.87. The van der Waals surface area contributed by atoms with Crippen LogP contribution in [-0.2, 0) is 20.2 Å². The topological polar surface area (TPSA) is 68.1 Å². The summed E-state index contributed by atoms with van der Waals surface area (Å²) in [6.45, 7) is 5.20. The van der Waals surface area contributed by atoms with E-state index >= 15 is 0 Å². The van der Waals surface area contributed by atoms with Crippen molar-refractivity contribution in [3.8, 4) is 0 Å². The van der Waals surface area contributed by atoms with Gasteiger partial charge in [-0.05, 0) is 54.8 Å². The number of amides is 1. The summed E-state index contributed by atoms with van der Waals surface area (Å²) in [4.78, 5) is 17.7. The Morgan fingerprint density at radius 2 is 1.82 bits per heavy atom. The SMILES string of the molecule is CCCS(=O)(CC)=NC(=O)c1ccc(C2=NOC(c3cc(Cl)cc(Cl)c3)(C(F)(F)F)C2)cc1C. The highest BCUT2D eigenvalue weighted by Crippen LogP contribution is 2.49. The maximum atomic E-state index is 14.2. The molecule has 0 aromatic heterocycles. The van der Waals surface area contributed by atoms with Crippen LogP contribution in [0.1, 0.15) is 53.7 Å². The molecule has 11 heteroatoms. The fourth-order valence-corrected chi connectivity index (χ4v) is 5.78. The predicted molar refractivity (Wildman–Crippen MR) is 128 cm³/mol. The zero-order valence-electron chi connectivity index (χ0n) is 18.7. The molecule has 0 saturated heterocycles. The minimum atomic E-state index is -4.81. The summed E-state index contributed by atoms with van der Waals surface area (Å²) >= 11 is 11.9. The number of halogens is 5. The van der Waals surface area contributed by atoms with Crippen LogP contribution in [0.3, 0.4) is 0 Å². The average molecular weight is 535 g/mol. The first-order chi connectivity index (χ1) is 15.8. The second-order valence-corrected chi connectivity index (χ2v) is 11.6. The number of nitrogens with zero attached hydrogens (tertiary/aromatic N) is 2. The number of oxime groups is 1. The lowest BCUT2D eigenvalue weighted by molar-refractivity contribution is -0.275. The Labute approximate surface area is 206 Å². The number of aryl methyl sites for hydroxylation is 1. The van der Waals surface area contributed by atoms with Crippen molar-refractivity contribution in [1.82, 2.24) is 0 Å². The summed E-state index contributed by atoms with van der Waals surface area (Å²) in [5.74, 6) is -0.0504. The molecule has 2 aromatic rings. The molecular formula is C23H23Cl2F3N2O3S. The first-order valence-corrected chi connectivity index (χ1v) is 13.1. The minimum absolute atomic E-state index is 0.0392. The number of carbonyl (C=O) groups is 1. The van der Waals surface area contributed by atoms with Crippen LogP contribution >= 0.6 is 23.2 Å². The first-order valence-electron chi connectivity index (χ1n) is 10.5. The largest absolute Gasteiger partial charge is 0.435 e. The van der Waals surface area contributed by atoms with Gasteiger partial charge in [0.1, 0.15) is 0 Å². The maximum absolute atomic E-state index is 14.2. The first kappa shape index (κ1) is 26.5. The van der Waals surface area contributed by atoms with Crippen LogP contribution in [0.25, 0.3) is 0 Å². The molecule has 3 rings (SSSR count). The van der Waals surface area contributed by atoms with Gasteiger partial charge < -0.3 is 4.84 Å². The van der Waals surface area contributed by atoms with Gasteiger partial charge in [-0.2, -0.15) is 17.5 Å². The number of benzene rings is 2. The van der Waals surface area contributed by atoms with E-state index in [-0.39, 0.29) is 32.6 Å². The van der Waals surface area contributed by atoms with Crippen molar-refractivity contribution in [2.75, 3.05) is 11.5 Å². The van der Waals surface area contributed by atoms with Gasteiger partial charge >= 0.3 is 6.18 Å². The standard InChI is InChI=1S/C23H23Cl2F3N2O3S/c1-4-8-34(32,5-2)30-21(31)19-7-6-15(9-14(19)3)20-13-22(33-29-20,23(26,27)28)16-10-17(24)12-18(25)11-16/h6-7,9-12H,4-5,8,13H2,1-3H3. The summed E-state index contributed by atoms with van der Waals surface area (Å²) in [6, 6.07) is 8.09. The van der Waals surface area contributed by atoms with Crippen molar-refractivity contribution in [3.05, 3.63) is 68.7 Å². The van der Waals surface area contributed by atoms with Crippen LogP contribution in [0.2, 0.25) is 10.0 Å². The molecule has 0 spiro atoms. The van der Waals surface area contributed by atoms with E-state index in [4.69, 9.17) is 28.0 Å². The van der Waals surface area contributed by atoms with E-state index in [0.717, 1.165) is 12.1 Å². The quantitative estimate of drug-likeness (QED) is 0.403. The van der Waals surface area contributed by atoms with E-state index in [1.54, 1.807) is 13.8 Å². The van der Waals surface area contributed by atoms with Gasteiger partial charge in [-0.25, -0.2) is 4.21 Å². The van der Waals surface area contributed by atoms with Crippen molar-refractivity contribution in [2.45, 2.75) is 45.4 Å². The summed E-state index contributed by atoms with van der Waals surface area (Å²) < 4.78 is 59.2. The van der Waals surface area contributed by atoms with Crippen molar-refractivity contribution in [2.24, 2.45) is 9.52 Å². The highest BCUT2D eigenvalue weighted by atomic mass is 35.5. The Kier molecular flexibility index (Phi) is 7.70. The van der Waals surface area contributed by atoms with Gasteiger partial charge in [0.25, 0.3) is 11.5 Å². The van der Waals surface area contributed by atoms with Crippen LogP contribution in [0, 0.1) is 6.92 Å². The smallest absolute Gasteiger partial charge is 0.374 e. The van der Waals surface area contributed by atoms with Crippen molar-refractivity contribution >= 4 is 44.5 Å². The third kappa shape index (κ3) is 5.26. The van der Waals surface area contributed by atoms with E-state index in [1.165, 1.54) is 24.3 Å². The molecule has 0 bridgehead atoms. The van der Waals surface area contributed by atoms with Crippen molar-refractivity contribution in [3.63, 3.8) is 0 Å². The van der Waals surface area contributed by atoms with E-state index in [2.05, 4.69) is 9.52 Å². The molecular weight excluding hydrogens is 512 g/mol. The average Bonchev–Trinajstić information content (AvgIpc) is 3.20. The molecule has 1 heterocycles. The lowest BCUT2D eigenvalue weighted by atomic mass is 9.86. The number of carbonyl (C=O) groups excluding carboxylic acids is 1. The Balaban J connectivity index is 1.95. The number of hydrogen-bond donors (Lipinski definition) is 0. The maximum Gasteiger partial charge on any atom is 0.435 e. The molecule has 1 amide bonds. The molecule has 184 valence electrons. The van der Waals surface area contributed by atoms with E-state index in [9.17, 15) is 22.2 Å². The highest BCUT2D eigenvalue weighted by Gasteiger charge is 2.62. The lowest BCUT2D eigenvalue weighted by Gasteiger charge is -2.29. The molecule has 2 aromatic carbocycles. The molecule has 1 aliphatic heterocycles. The molecule has 0 saturated carbocycles. The minimum Gasteiger partial charge on any atom is -0.374 e. The molecule has 2 unspecified atom stereocenters. The van der Waals surface area contributed by atoms with E-state index in [0.29, 0.717) is 23.3 Å². The molecule has 2 atom stereocenters. The Bertz CT molecular complexity index is 1250. The lowest BCUT2D eigenvalue weighted by Crippen LogP contribution is -2.42. The van der Waals surface area contributed by atoms with Gasteiger partial charge in [0.2, 0.25) is 0 Å². The van der Waals surface area contributed by atoms with Gasteiger partial charge in [0.15, 0.2) is 0 Å². The fourth-order valence-electron chi connectivity index (χ4n) is 3.70. The van der Waals surface area contributed by atoms with E-state index in [1.807, 2.05) is 6.92 Å². The van der Waals surface area contributed by atoms with E-state index < -0.39 is 33.8 Å². The number of rotatable bonds is 6. The molecule has 0 aliphatic carbocycles. The summed E-state index contributed by atoms with van der Waals surface area (Å²) in [7, 11) is -2.65. The normalized spacial score (nSPS) is 19.8. The predicted octanol–water partition coefficient (Wildman–Crippen LogP) is 6.92. The summed E-state index contributed by atoms with van der Waals surface area (Å²) in [6.07, 6.45) is -4.79. The van der Waals surface area contributed by atoms with Gasteiger partial charge in [0, 0.05) is 39.1 Å². The third-order valence-electron chi connectivity index (χ3n) is 5.53. The third-order valence-corrected chi connectivity index (χ3v) is 8.41. The Morgan fingerprint density at radius 3 is 2.35 bits per heavy atom. The van der Waals surface area contributed by atoms with Crippen molar-refractivity contribution in [1.29, 1.82) is 0 Å². The van der Waals surface area contributed by atoms with Gasteiger partial charge in [-0.3, -0.25) is 4.79 Å². The van der Waals surface area contributed by atoms with Crippen LogP contribution < -0.4 is 0 Å².